The summed E-state index contributed by atoms with van der Waals surface area (Å²) in [6.07, 6.45) is 5.31. The normalized spacial score (nSPS) is 16.8. The van der Waals surface area contributed by atoms with E-state index in [0.717, 1.165) is 23.3 Å². The van der Waals surface area contributed by atoms with Crippen LogP contribution in [0.4, 0.5) is 0 Å². The maximum absolute atomic E-state index is 12.5. The van der Waals surface area contributed by atoms with Gasteiger partial charge in [0.2, 0.25) is 0 Å². The van der Waals surface area contributed by atoms with Crippen LogP contribution in [0.1, 0.15) is 41.4 Å². The molecular formula is C18H20BrClN2O2. The molecular weight excluding hydrogens is 392 g/mol. The minimum atomic E-state index is -0.171. The van der Waals surface area contributed by atoms with E-state index >= 15 is 0 Å². The van der Waals surface area contributed by atoms with Crippen molar-refractivity contribution >= 4 is 33.4 Å². The molecule has 24 heavy (non-hydrogen) atoms. The quantitative estimate of drug-likeness (QED) is 0.779. The van der Waals surface area contributed by atoms with Gasteiger partial charge in [-0.15, -0.1) is 0 Å². The Morgan fingerprint density at radius 2 is 2.08 bits per heavy atom. The van der Waals surface area contributed by atoms with Gasteiger partial charge in [0.1, 0.15) is 5.76 Å². The van der Waals surface area contributed by atoms with Crippen LogP contribution in [-0.2, 0) is 0 Å². The average Bonchev–Trinajstić information content (AvgIpc) is 3.12. The zero-order chi connectivity index (χ0) is 16.9. The topological polar surface area (TPSA) is 45.5 Å². The summed E-state index contributed by atoms with van der Waals surface area (Å²) < 4.78 is 6.43. The van der Waals surface area contributed by atoms with Crippen LogP contribution in [0.25, 0.3) is 0 Å². The van der Waals surface area contributed by atoms with E-state index in [1.165, 1.54) is 19.3 Å². The number of carbonyl (C=O) groups is 1. The van der Waals surface area contributed by atoms with Gasteiger partial charge in [-0.1, -0.05) is 34.0 Å². The zero-order valence-electron chi connectivity index (χ0n) is 13.3. The summed E-state index contributed by atoms with van der Waals surface area (Å²) in [4.78, 5) is 14.9. The average molecular weight is 412 g/mol. The maximum atomic E-state index is 12.5. The maximum Gasteiger partial charge on any atom is 0.252 e. The van der Waals surface area contributed by atoms with Crippen LogP contribution in [0, 0.1) is 0 Å². The second-order valence-corrected chi connectivity index (χ2v) is 7.28. The number of piperidine rings is 1. The number of halogens is 2. The lowest BCUT2D eigenvalue weighted by atomic mass is 10.1. The number of likely N-dealkylation sites (tertiary alicyclic amines) is 1. The highest BCUT2D eigenvalue weighted by atomic mass is 79.9. The molecule has 3 rings (SSSR count). The number of nitrogens with zero attached hydrogens (tertiary/aromatic N) is 1. The molecule has 1 aromatic heterocycles. The Bertz CT molecular complexity index is 684. The molecule has 0 saturated carbocycles. The highest BCUT2D eigenvalue weighted by molar-refractivity contribution is 9.10. The molecule has 0 spiro atoms. The molecule has 0 bridgehead atoms. The number of benzene rings is 1. The van der Waals surface area contributed by atoms with Gasteiger partial charge in [0.05, 0.1) is 22.9 Å². The van der Waals surface area contributed by atoms with Crippen molar-refractivity contribution in [1.29, 1.82) is 0 Å². The van der Waals surface area contributed by atoms with E-state index in [9.17, 15) is 4.79 Å². The monoisotopic (exact) mass is 410 g/mol. The fourth-order valence-corrected chi connectivity index (χ4v) is 3.64. The molecule has 1 aliphatic rings. The predicted molar refractivity (Wildman–Crippen MR) is 98.4 cm³/mol. The number of nitrogens with one attached hydrogen (secondary N) is 1. The van der Waals surface area contributed by atoms with Crippen LogP contribution in [0.5, 0.6) is 0 Å². The largest absolute Gasteiger partial charge is 0.468 e. The van der Waals surface area contributed by atoms with E-state index in [1.54, 1.807) is 18.4 Å². The molecule has 128 valence electrons. The summed E-state index contributed by atoms with van der Waals surface area (Å²) in [5.74, 6) is 0.715. The Balaban J connectivity index is 1.71. The van der Waals surface area contributed by atoms with E-state index in [0.29, 0.717) is 17.1 Å². The molecule has 0 radical (unpaired) electrons. The first kappa shape index (κ1) is 17.5. The summed E-state index contributed by atoms with van der Waals surface area (Å²) >= 11 is 9.52. The van der Waals surface area contributed by atoms with E-state index < -0.39 is 0 Å². The van der Waals surface area contributed by atoms with Crippen LogP contribution in [0.2, 0.25) is 5.02 Å². The zero-order valence-corrected chi connectivity index (χ0v) is 15.6. The molecule has 2 aromatic rings. The van der Waals surface area contributed by atoms with Crippen molar-refractivity contribution in [2.24, 2.45) is 0 Å². The highest BCUT2D eigenvalue weighted by Crippen LogP contribution is 2.25. The number of carbonyl (C=O) groups excluding carboxylic acids is 1. The van der Waals surface area contributed by atoms with Crippen molar-refractivity contribution in [2.45, 2.75) is 25.3 Å². The lowest BCUT2D eigenvalue weighted by Gasteiger charge is -2.33. The van der Waals surface area contributed by atoms with Crippen molar-refractivity contribution in [3.63, 3.8) is 0 Å². The lowest BCUT2D eigenvalue weighted by molar-refractivity contribution is 0.0914. The van der Waals surface area contributed by atoms with Crippen LogP contribution >= 0.6 is 27.5 Å². The summed E-state index contributed by atoms with van der Waals surface area (Å²) in [6.45, 7) is 2.55. The van der Waals surface area contributed by atoms with Crippen molar-refractivity contribution in [3.8, 4) is 0 Å². The molecule has 1 fully saturated rings. The van der Waals surface area contributed by atoms with Crippen molar-refractivity contribution in [3.05, 3.63) is 57.4 Å². The predicted octanol–water partition coefficient (Wildman–Crippen LogP) is 4.65. The molecule has 6 heteroatoms. The van der Waals surface area contributed by atoms with E-state index in [-0.39, 0.29) is 11.9 Å². The van der Waals surface area contributed by atoms with Gasteiger partial charge < -0.3 is 9.73 Å². The molecule has 2 heterocycles. The first-order valence-corrected chi connectivity index (χ1v) is 9.33. The molecule has 1 saturated heterocycles. The van der Waals surface area contributed by atoms with Gasteiger partial charge in [0.15, 0.2) is 0 Å². The SMILES string of the molecule is O=C(NCC(c1ccco1)N1CCCCC1)c1cc(Br)ccc1Cl. The third-order valence-corrected chi connectivity index (χ3v) is 5.15. The third-order valence-electron chi connectivity index (χ3n) is 4.33. The Morgan fingerprint density at radius 3 is 2.79 bits per heavy atom. The van der Waals surface area contributed by atoms with Gasteiger partial charge in [-0.25, -0.2) is 0 Å². The van der Waals surface area contributed by atoms with Crippen molar-refractivity contribution in [1.82, 2.24) is 10.2 Å². The summed E-state index contributed by atoms with van der Waals surface area (Å²) in [6, 6.07) is 9.18. The fourth-order valence-electron chi connectivity index (χ4n) is 3.08. The third kappa shape index (κ3) is 4.21. The van der Waals surface area contributed by atoms with E-state index in [2.05, 4.69) is 26.1 Å². The second kappa shape index (κ2) is 8.19. The van der Waals surface area contributed by atoms with Gasteiger partial charge >= 0.3 is 0 Å². The molecule has 1 N–H and O–H groups in total. The summed E-state index contributed by atoms with van der Waals surface area (Å²) in [5, 5.41) is 3.45. The van der Waals surface area contributed by atoms with Gasteiger partial charge in [0.25, 0.3) is 5.91 Å². The first-order chi connectivity index (χ1) is 11.6. The lowest BCUT2D eigenvalue weighted by Crippen LogP contribution is -2.40. The number of rotatable bonds is 5. The molecule has 1 unspecified atom stereocenters. The number of hydrogen-bond donors (Lipinski definition) is 1. The summed E-state index contributed by atoms with van der Waals surface area (Å²) in [5.41, 5.74) is 0.475. The molecule has 1 amide bonds. The molecule has 4 nitrogen and oxygen atoms in total. The summed E-state index contributed by atoms with van der Waals surface area (Å²) in [7, 11) is 0. The Hall–Kier alpha value is -1.30. The molecule has 1 aliphatic heterocycles. The van der Waals surface area contributed by atoms with Gasteiger partial charge in [-0.3, -0.25) is 9.69 Å². The van der Waals surface area contributed by atoms with Crippen LogP contribution in [0.3, 0.4) is 0 Å². The number of furan rings is 1. The van der Waals surface area contributed by atoms with E-state index in [1.807, 2.05) is 18.2 Å². The first-order valence-electron chi connectivity index (χ1n) is 8.16. The van der Waals surface area contributed by atoms with Crippen LogP contribution < -0.4 is 5.32 Å². The Labute approximate surface area is 155 Å². The van der Waals surface area contributed by atoms with Crippen molar-refractivity contribution < 1.29 is 9.21 Å². The molecule has 1 aromatic carbocycles. The Kier molecular flexibility index (Phi) is 5.98. The Morgan fingerprint density at radius 1 is 1.29 bits per heavy atom. The fraction of sp³-hybridized carbons (Fsp3) is 0.389. The standard InChI is InChI=1S/C18H20BrClN2O2/c19-13-6-7-15(20)14(11-13)18(23)21-12-16(17-5-4-10-24-17)22-8-2-1-3-9-22/h4-7,10-11,16H,1-3,8-9,12H2,(H,21,23). The second-order valence-electron chi connectivity index (χ2n) is 5.96. The van der Waals surface area contributed by atoms with Gasteiger partial charge in [0, 0.05) is 11.0 Å². The highest BCUT2D eigenvalue weighted by Gasteiger charge is 2.25. The minimum absolute atomic E-state index is 0.0511. The van der Waals surface area contributed by atoms with Crippen LogP contribution in [-0.4, -0.2) is 30.4 Å². The molecule has 1 atom stereocenters. The van der Waals surface area contributed by atoms with Crippen molar-refractivity contribution in [2.75, 3.05) is 19.6 Å². The minimum Gasteiger partial charge on any atom is -0.468 e. The number of amides is 1. The van der Waals surface area contributed by atoms with Gasteiger partial charge in [-0.05, 0) is 56.3 Å². The smallest absolute Gasteiger partial charge is 0.252 e. The van der Waals surface area contributed by atoms with Gasteiger partial charge in [-0.2, -0.15) is 0 Å². The van der Waals surface area contributed by atoms with Crippen LogP contribution in [0.15, 0.2) is 45.5 Å². The number of hydrogen-bond acceptors (Lipinski definition) is 3. The molecule has 0 aliphatic carbocycles. The van der Waals surface area contributed by atoms with E-state index in [4.69, 9.17) is 16.0 Å².